The quantitative estimate of drug-likeness (QED) is 0.764. The van der Waals surface area contributed by atoms with Crippen molar-refractivity contribution in [1.82, 2.24) is 14.9 Å². The average Bonchev–Trinajstić information content (AvgIpc) is 3.42. The topological polar surface area (TPSA) is 44.7 Å². The van der Waals surface area contributed by atoms with E-state index in [0.717, 1.165) is 63.5 Å². The van der Waals surface area contributed by atoms with Crippen molar-refractivity contribution in [2.75, 3.05) is 62.8 Å². The number of aromatic nitrogens is 2. The molecule has 3 aliphatic rings. The molecule has 0 N–H and O–H groups in total. The van der Waals surface area contributed by atoms with Gasteiger partial charge in [-0.05, 0) is 51.5 Å². The summed E-state index contributed by atoms with van der Waals surface area (Å²) in [7, 11) is 2.30. The zero-order valence-electron chi connectivity index (χ0n) is 17.1. The van der Waals surface area contributed by atoms with Crippen LogP contribution in [0.3, 0.4) is 0 Å². The predicted molar refractivity (Wildman–Crippen MR) is 110 cm³/mol. The molecule has 1 aromatic heterocycles. The Kier molecular flexibility index (Phi) is 6.13. The summed E-state index contributed by atoms with van der Waals surface area (Å²) in [6.07, 6.45) is 7.16. The molecule has 0 amide bonds. The zero-order chi connectivity index (χ0) is 18.6. The fourth-order valence-electron chi connectivity index (χ4n) is 4.69. The molecule has 27 heavy (non-hydrogen) atoms. The van der Waals surface area contributed by atoms with Gasteiger partial charge >= 0.3 is 0 Å². The molecule has 3 saturated heterocycles. The van der Waals surface area contributed by atoms with E-state index in [1.54, 1.807) is 0 Å². The highest BCUT2D eigenvalue weighted by atomic mass is 16.5. The van der Waals surface area contributed by atoms with Crippen LogP contribution in [0.15, 0.2) is 6.07 Å². The van der Waals surface area contributed by atoms with Gasteiger partial charge < -0.3 is 19.4 Å². The molecule has 150 valence electrons. The largest absolute Gasteiger partial charge is 0.381 e. The third-order valence-corrected chi connectivity index (χ3v) is 6.49. The Morgan fingerprint density at radius 2 is 1.85 bits per heavy atom. The Hall–Kier alpha value is -1.40. The first-order valence-corrected chi connectivity index (χ1v) is 10.9. The van der Waals surface area contributed by atoms with Crippen LogP contribution in [0.4, 0.5) is 11.8 Å². The van der Waals surface area contributed by atoms with Crippen LogP contribution in [0.2, 0.25) is 0 Å². The summed E-state index contributed by atoms with van der Waals surface area (Å²) in [6, 6.07) is 2.90. The summed E-state index contributed by atoms with van der Waals surface area (Å²) in [5, 5.41) is 0. The van der Waals surface area contributed by atoms with Gasteiger partial charge in [-0.3, -0.25) is 0 Å². The fourth-order valence-corrected chi connectivity index (χ4v) is 4.69. The number of nitrogens with zero attached hydrogens (tertiary/aromatic N) is 5. The molecule has 0 saturated carbocycles. The molecule has 6 heteroatoms. The molecule has 3 aliphatic heterocycles. The number of aryl methyl sites for hydroxylation is 1. The molecular formula is C21H35N5O. The van der Waals surface area contributed by atoms with E-state index in [1.165, 1.54) is 44.3 Å². The normalized spacial score (nSPS) is 24.3. The first-order chi connectivity index (χ1) is 13.2. The van der Waals surface area contributed by atoms with Crippen LogP contribution >= 0.6 is 0 Å². The Morgan fingerprint density at radius 1 is 1.07 bits per heavy atom. The summed E-state index contributed by atoms with van der Waals surface area (Å²) in [5.74, 6) is 2.81. The molecular weight excluding hydrogens is 338 g/mol. The lowest BCUT2D eigenvalue weighted by atomic mass is 10.0. The fraction of sp³-hybridized carbons (Fsp3) is 0.810. The maximum absolute atomic E-state index is 5.54. The first kappa shape index (κ1) is 18.9. The van der Waals surface area contributed by atoms with Crippen LogP contribution in [-0.2, 0) is 11.2 Å². The Bertz CT molecular complexity index is 605. The second kappa shape index (κ2) is 8.74. The third-order valence-electron chi connectivity index (χ3n) is 6.49. The second-order valence-electron chi connectivity index (χ2n) is 8.45. The van der Waals surface area contributed by atoms with Crippen molar-refractivity contribution in [1.29, 1.82) is 0 Å². The average molecular weight is 374 g/mol. The van der Waals surface area contributed by atoms with Crippen molar-refractivity contribution < 1.29 is 4.74 Å². The first-order valence-electron chi connectivity index (χ1n) is 10.9. The van der Waals surface area contributed by atoms with E-state index in [-0.39, 0.29) is 0 Å². The molecule has 3 fully saturated rings. The van der Waals surface area contributed by atoms with Gasteiger partial charge in [0, 0.05) is 57.1 Å². The lowest BCUT2D eigenvalue weighted by molar-refractivity contribution is 0.150. The number of anilines is 2. The molecule has 0 aromatic carbocycles. The van der Waals surface area contributed by atoms with Crippen molar-refractivity contribution in [2.45, 2.75) is 51.5 Å². The molecule has 0 bridgehead atoms. The van der Waals surface area contributed by atoms with E-state index in [9.17, 15) is 0 Å². The van der Waals surface area contributed by atoms with E-state index in [1.807, 2.05) is 0 Å². The minimum absolute atomic E-state index is 0.687. The minimum atomic E-state index is 0.687. The Labute approximate surface area is 163 Å². The van der Waals surface area contributed by atoms with Gasteiger partial charge in [0.05, 0.1) is 6.61 Å². The monoisotopic (exact) mass is 373 g/mol. The van der Waals surface area contributed by atoms with Crippen LogP contribution in [-0.4, -0.2) is 73.9 Å². The van der Waals surface area contributed by atoms with Gasteiger partial charge in [0.2, 0.25) is 5.95 Å². The van der Waals surface area contributed by atoms with Crippen molar-refractivity contribution in [3.8, 4) is 0 Å². The van der Waals surface area contributed by atoms with E-state index in [4.69, 9.17) is 14.7 Å². The summed E-state index contributed by atoms with van der Waals surface area (Å²) >= 11 is 0. The molecule has 1 aromatic rings. The molecule has 4 rings (SSSR count). The predicted octanol–water partition coefficient (Wildman–Crippen LogP) is 2.58. The van der Waals surface area contributed by atoms with E-state index in [2.05, 4.69) is 34.7 Å². The van der Waals surface area contributed by atoms with Gasteiger partial charge in [0.1, 0.15) is 5.82 Å². The van der Waals surface area contributed by atoms with E-state index >= 15 is 0 Å². The maximum atomic E-state index is 5.54. The number of piperidine rings is 1. The van der Waals surface area contributed by atoms with Crippen LogP contribution in [0, 0.1) is 5.92 Å². The second-order valence-corrected chi connectivity index (χ2v) is 8.45. The van der Waals surface area contributed by atoms with Gasteiger partial charge in [0.15, 0.2) is 0 Å². The highest BCUT2D eigenvalue weighted by molar-refractivity contribution is 5.47. The summed E-state index contributed by atoms with van der Waals surface area (Å²) in [5.41, 5.74) is 1.17. The molecule has 0 spiro atoms. The summed E-state index contributed by atoms with van der Waals surface area (Å²) in [4.78, 5) is 17.2. The molecule has 6 nitrogen and oxygen atoms in total. The highest BCUT2D eigenvalue weighted by Crippen LogP contribution is 2.26. The lowest BCUT2D eigenvalue weighted by Gasteiger charge is -2.38. The Balaban J connectivity index is 1.37. The summed E-state index contributed by atoms with van der Waals surface area (Å²) < 4.78 is 5.54. The van der Waals surface area contributed by atoms with Crippen molar-refractivity contribution >= 4 is 11.8 Å². The van der Waals surface area contributed by atoms with E-state index in [0.29, 0.717) is 6.04 Å². The van der Waals surface area contributed by atoms with Crippen molar-refractivity contribution in [3.63, 3.8) is 0 Å². The highest BCUT2D eigenvalue weighted by Gasteiger charge is 2.27. The third kappa shape index (κ3) is 4.54. The van der Waals surface area contributed by atoms with Crippen LogP contribution < -0.4 is 9.80 Å². The minimum Gasteiger partial charge on any atom is -0.381 e. The number of hydrogen-bond acceptors (Lipinski definition) is 6. The Morgan fingerprint density at radius 3 is 2.52 bits per heavy atom. The van der Waals surface area contributed by atoms with Crippen LogP contribution in [0.1, 0.15) is 44.7 Å². The van der Waals surface area contributed by atoms with Gasteiger partial charge in [-0.25, -0.2) is 4.98 Å². The number of ether oxygens (including phenoxy) is 1. The SMILES string of the molecule is CCc1cc(N2CCC(N(C)C[C@@H]3CCOC3)CC2)nc(N2CCCC2)n1. The van der Waals surface area contributed by atoms with E-state index < -0.39 is 0 Å². The molecule has 1 atom stereocenters. The molecule has 0 unspecified atom stereocenters. The van der Waals surface area contributed by atoms with Crippen LogP contribution in [0.25, 0.3) is 0 Å². The molecule has 4 heterocycles. The van der Waals surface area contributed by atoms with Gasteiger partial charge in [0.25, 0.3) is 0 Å². The summed E-state index contributed by atoms with van der Waals surface area (Å²) in [6.45, 7) is 9.65. The molecule has 0 radical (unpaired) electrons. The smallest absolute Gasteiger partial charge is 0.227 e. The van der Waals surface area contributed by atoms with Gasteiger partial charge in [-0.1, -0.05) is 6.92 Å². The standard InChI is InChI=1S/C21H35N5O/c1-3-18-14-20(23-21(22-18)26-9-4-5-10-26)25-11-6-19(7-12-25)24(2)15-17-8-13-27-16-17/h14,17,19H,3-13,15-16H2,1-2H3/t17-/m0/s1. The van der Waals surface area contributed by atoms with Gasteiger partial charge in [-0.15, -0.1) is 0 Å². The molecule has 0 aliphatic carbocycles. The number of rotatable bonds is 6. The van der Waals surface area contributed by atoms with Crippen molar-refractivity contribution in [2.24, 2.45) is 5.92 Å². The van der Waals surface area contributed by atoms with Crippen molar-refractivity contribution in [3.05, 3.63) is 11.8 Å². The zero-order valence-corrected chi connectivity index (χ0v) is 17.1. The van der Waals surface area contributed by atoms with Crippen LogP contribution in [0.5, 0.6) is 0 Å². The number of hydrogen-bond donors (Lipinski definition) is 0. The van der Waals surface area contributed by atoms with Gasteiger partial charge in [-0.2, -0.15) is 4.98 Å². The lowest BCUT2D eigenvalue weighted by Crippen LogP contribution is -2.45. The maximum Gasteiger partial charge on any atom is 0.227 e.